The van der Waals surface area contributed by atoms with Gasteiger partial charge in [-0.3, -0.25) is 20.4 Å². The Morgan fingerprint density at radius 1 is 1.26 bits per heavy atom. The highest BCUT2D eigenvalue weighted by atomic mass is 35.5. The molecule has 2 amide bonds. The molecular formula is C14H12ClN5O2S. The van der Waals surface area contributed by atoms with Crippen LogP contribution in [0.1, 0.15) is 26.0 Å². The third kappa shape index (κ3) is 3.13. The summed E-state index contributed by atoms with van der Waals surface area (Å²) in [6.45, 7) is 1.74. The standard InChI is InChI=1S/C14H12ClN5O2S/c1-6-17-11(12(16)23-6)14(22)20-19-13(21)10-5-7-4-8(15)2-3-9(7)18-10/h2-5,18H,16H2,1H3,(H,19,21)(H,20,22). The molecule has 0 fully saturated rings. The Labute approximate surface area is 139 Å². The van der Waals surface area contributed by atoms with Crippen LogP contribution in [0, 0.1) is 6.92 Å². The van der Waals surface area contributed by atoms with Gasteiger partial charge in [-0.05, 0) is 31.2 Å². The number of nitrogens with zero attached hydrogens (tertiary/aromatic N) is 1. The van der Waals surface area contributed by atoms with Gasteiger partial charge in [-0.25, -0.2) is 4.98 Å². The van der Waals surface area contributed by atoms with Gasteiger partial charge in [-0.15, -0.1) is 11.3 Å². The van der Waals surface area contributed by atoms with Crippen molar-refractivity contribution in [2.45, 2.75) is 6.92 Å². The fourth-order valence-electron chi connectivity index (χ4n) is 2.07. The van der Waals surface area contributed by atoms with E-state index in [1.54, 1.807) is 31.2 Å². The maximum Gasteiger partial charge on any atom is 0.291 e. The zero-order valence-electron chi connectivity index (χ0n) is 11.9. The van der Waals surface area contributed by atoms with Crippen molar-refractivity contribution in [3.05, 3.63) is 45.7 Å². The number of hydrogen-bond donors (Lipinski definition) is 4. The van der Waals surface area contributed by atoms with Crippen molar-refractivity contribution < 1.29 is 9.59 Å². The number of nitrogen functional groups attached to an aromatic ring is 1. The molecule has 0 saturated heterocycles. The van der Waals surface area contributed by atoms with Crippen LogP contribution >= 0.6 is 22.9 Å². The van der Waals surface area contributed by atoms with Crippen LogP contribution in [0.5, 0.6) is 0 Å². The third-order valence-corrected chi connectivity index (χ3v) is 4.13. The van der Waals surface area contributed by atoms with Crippen LogP contribution in [0.4, 0.5) is 5.00 Å². The monoisotopic (exact) mass is 349 g/mol. The van der Waals surface area contributed by atoms with Gasteiger partial charge in [0, 0.05) is 15.9 Å². The first kappa shape index (κ1) is 15.3. The SMILES string of the molecule is Cc1nc(C(=O)NNC(=O)c2cc3cc(Cl)ccc3[nH]2)c(N)s1. The molecule has 0 radical (unpaired) electrons. The number of anilines is 1. The summed E-state index contributed by atoms with van der Waals surface area (Å²) in [7, 11) is 0. The molecule has 0 aliphatic rings. The maximum atomic E-state index is 12.1. The Kier molecular flexibility index (Phi) is 3.93. The number of amides is 2. The first-order valence-corrected chi connectivity index (χ1v) is 7.75. The van der Waals surface area contributed by atoms with Crippen molar-refractivity contribution in [2.24, 2.45) is 0 Å². The smallest absolute Gasteiger partial charge is 0.291 e. The van der Waals surface area contributed by atoms with Gasteiger partial charge in [0.15, 0.2) is 5.69 Å². The lowest BCUT2D eigenvalue weighted by Gasteiger charge is -2.04. The second-order valence-corrected chi connectivity index (χ2v) is 6.44. The van der Waals surface area contributed by atoms with E-state index in [2.05, 4.69) is 20.8 Å². The number of aromatic nitrogens is 2. The minimum atomic E-state index is -0.570. The topological polar surface area (TPSA) is 113 Å². The van der Waals surface area contributed by atoms with Crippen LogP contribution in [-0.4, -0.2) is 21.8 Å². The average molecular weight is 350 g/mol. The predicted octanol–water partition coefficient (Wildman–Crippen LogP) is 2.24. The van der Waals surface area contributed by atoms with E-state index in [1.807, 2.05) is 0 Å². The normalized spacial score (nSPS) is 10.7. The molecule has 0 spiro atoms. The molecule has 118 valence electrons. The zero-order valence-corrected chi connectivity index (χ0v) is 13.5. The molecule has 0 unspecified atom stereocenters. The summed E-state index contributed by atoms with van der Waals surface area (Å²) < 4.78 is 0. The number of rotatable bonds is 2. The van der Waals surface area contributed by atoms with E-state index in [0.29, 0.717) is 20.7 Å². The van der Waals surface area contributed by atoms with Crippen molar-refractivity contribution in [3.8, 4) is 0 Å². The van der Waals surface area contributed by atoms with Gasteiger partial charge in [-0.1, -0.05) is 11.6 Å². The van der Waals surface area contributed by atoms with Gasteiger partial charge in [-0.2, -0.15) is 0 Å². The summed E-state index contributed by atoms with van der Waals surface area (Å²) >= 11 is 7.11. The van der Waals surface area contributed by atoms with E-state index in [9.17, 15) is 9.59 Å². The molecular weight excluding hydrogens is 338 g/mol. The number of hydrazine groups is 1. The quantitative estimate of drug-likeness (QED) is 0.531. The van der Waals surface area contributed by atoms with Gasteiger partial charge in [0.05, 0.1) is 5.01 Å². The van der Waals surface area contributed by atoms with Crippen molar-refractivity contribution in [1.29, 1.82) is 0 Å². The fraction of sp³-hybridized carbons (Fsp3) is 0.0714. The number of carbonyl (C=O) groups is 2. The summed E-state index contributed by atoms with van der Waals surface area (Å²) in [5.74, 6) is -1.06. The van der Waals surface area contributed by atoms with Gasteiger partial charge in [0.1, 0.15) is 10.7 Å². The third-order valence-electron chi connectivity index (χ3n) is 3.09. The van der Waals surface area contributed by atoms with Crippen molar-refractivity contribution in [3.63, 3.8) is 0 Å². The Morgan fingerprint density at radius 3 is 2.70 bits per heavy atom. The minimum absolute atomic E-state index is 0.0937. The lowest BCUT2D eigenvalue weighted by molar-refractivity contribution is 0.0842. The Hall–Kier alpha value is -2.58. The average Bonchev–Trinajstić information content (AvgIpc) is 3.06. The van der Waals surface area contributed by atoms with Crippen LogP contribution in [0.2, 0.25) is 5.02 Å². The molecule has 0 aliphatic carbocycles. The van der Waals surface area contributed by atoms with Crippen molar-refractivity contribution in [2.75, 3.05) is 5.73 Å². The summed E-state index contributed by atoms with van der Waals surface area (Å²) in [6, 6.07) is 6.87. The van der Waals surface area contributed by atoms with Gasteiger partial charge < -0.3 is 10.7 Å². The molecule has 1 aromatic carbocycles. The molecule has 7 nitrogen and oxygen atoms in total. The molecule has 0 bridgehead atoms. The van der Waals surface area contributed by atoms with Crippen LogP contribution in [-0.2, 0) is 0 Å². The highest BCUT2D eigenvalue weighted by molar-refractivity contribution is 7.15. The number of aryl methyl sites for hydroxylation is 1. The molecule has 2 heterocycles. The highest BCUT2D eigenvalue weighted by Crippen LogP contribution is 2.21. The van der Waals surface area contributed by atoms with Gasteiger partial charge in [0.25, 0.3) is 11.8 Å². The lowest BCUT2D eigenvalue weighted by Crippen LogP contribution is -2.42. The summed E-state index contributed by atoms with van der Waals surface area (Å²) in [5.41, 5.74) is 11.4. The molecule has 9 heteroatoms. The first-order valence-electron chi connectivity index (χ1n) is 6.56. The summed E-state index contributed by atoms with van der Waals surface area (Å²) in [4.78, 5) is 31.0. The van der Waals surface area contributed by atoms with Crippen molar-refractivity contribution in [1.82, 2.24) is 20.8 Å². The maximum absolute atomic E-state index is 12.1. The van der Waals surface area contributed by atoms with E-state index in [-0.39, 0.29) is 5.69 Å². The van der Waals surface area contributed by atoms with Gasteiger partial charge >= 0.3 is 0 Å². The second-order valence-electron chi connectivity index (χ2n) is 4.77. The Balaban J connectivity index is 1.71. The zero-order chi connectivity index (χ0) is 16.6. The molecule has 23 heavy (non-hydrogen) atoms. The minimum Gasteiger partial charge on any atom is -0.389 e. The highest BCUT2D eigenvalue weighted by Gasteiger charge is 2.16. The summed E-state index contributed by atoms with van der Waals surface area (Å²) in [6.07, 6.45) is 0. The molecule has 0 atom stereocenters. The van der Waals surface area contributed by atoms with Crippen LogP contribution in [0.15, 0.2) is 24.3 Å². The number of aromatic amines is 1. The number of nitrogens with one attached hydrogen (secondary N) is 3. The fourth-order valence-corrected chi connectivity index (χ4v) is 2.94. The van der Waals surface area contributed by atoms with E-state index < -0.39 is 11.8 Å². The number of H-pyrrole nitrogens is 1. The van der Waals surface area contributed by atoms with Crippen LogP contribution in [0.25, 0.3) is 10.9 Å². The Morgan fingerprint density at radius 2 is 2.00 bits per heavy atom. The summed E-state index contributed by atoms with van der Waals surface area (Å²) in [5, 5.41) is 2.35. The largest absolute Gasteiger partial charge is 0.389 e. The van der Waals surface area contributed by atoms with E-state index >= 15 is 0 Å². The lowest BCUT2D eigenvalue weighted by atomic mass is 10.2. The number of halogens is 1. The Bertz CT molecular complexity index is 917. The second kappa shape index (κ2) is 5.90. The van der Waals surface area contributed by atoms with E-state index in [1.165, 1.54) is 11.3 Å². The van der Waals surface area contributed by atoms with Gasteiger partial charge in [0.2, 0.25) is 0 Å². The van der Waals surface area contributed by atoms with Crippen molar-refractivity contribution >= 4 is 50.7 Å². The molecule has 0 aliphatic heterocycles. The number of benzene rings is 1. The number of thiazole rings is 1. The first-order chi connectivity index (χ1) is 10.9. The molecule has 0 saturated carbocycles. The number of hydrogen-bond acceptors (Lipinski definition) is 5. The number of nitrogens with two attached hydrogens (primary N) is 1. The predicted molar refractivity (Wildman–Crippen MR) is 89.5 cm³/mol. The number of carbonyl (C=O) groups excluding carboxylic acids is 2. The van der Waals surface area contributed by atoms with Crippen LogP contribution < -0.4 is 16.6 Å². The molecule has 3 aromatic rings. The van der Waals surface area contributed by atoms with Crippen LogP contribution in [0.3, 0.4) is 0 Å². The number of fused-ring (bicyclic) bond motifs is 1. The van der Waals surface area contributed by atoms with E-state index in [0.717, 1.165) is 10.9 Å². The molecule has 3 rings (SSSR count). The molecule has 5 N–H and O–H groups in total. The molecule has 2 aromatic heterocycles. The van der Waals surface area contributed by atoms with E-state index in [4.69, 9.17) is 17.3 Å².